The highest BCUT2D eigenvalue weighted by atomic mass is 16.5. The van der Waals surface area contributed by atoms with Gasteiger partial charge in [-0.05, 0) is 6.92 Å². The zero-order valence-corrected chi connectivity index (χ0v) is 7.78. The Hall–Kier alpha value is -1.32. The molecule has 0 bridgehead atoms. The van der Waals surface area contributed by atoms with Crippen molar-refractivity contribution in [2.45, 2.75) is 20.4 Å². The molecule has 2 rings (SSSR count). The number of hydrogen-bond donors (Lipinski definition) is 0. The molecule has 0 amide bonds. The monoisotopic (exact) mass is 180 g/mol. The normalized spacial score (nSPS) is 20.6. The first kappa shape index (κ1) is 8.29. The fraction of sp³-hybridized carbons (Fsp3) is 0.556. The summed E-state index contributed by atoms with van der Waals surface area (Å²) >= 11 is 0. The van der Waals surface area contributed by atoms with Crippen molar-refractivity contribution in [2.75, 3.05) is 6.61 Å². The molecule has 1 aliphatic rings. The van der Waals surface area contributed by atoms with Gasteiger partial charge in [-0.1, -0.05) is 6.92 Å². The molecule has 2 heterocycles. The molecule has 0 spiro atoms. The summed E-state index contributed by atoms with van der Waals surface area (Å²) in [4.78, 5) is 10.7. The third-order valence-corrected chi connectivity index (χ3v) is 2.23. The Bertz CT molecular complexity index is 344. The molecule has 0 fully saturated rings. The van der Waals surface area contributed by atoms with Gasteiger partial charge in [-0.3, -0.25) is 4.79 Å². The molecule has 0 N–H and O–H groups in total. The highest BCUT2D eigenvalue weighted by Crippen LogP contribution is 2.25. The summed E-state index contributed by atoms with van der Waals surface area (Å²) in [6, 6.07) is 0. The van der Waals surface area contributed by atoms with Crippen LogP contribution in [-0.2, 0) is 6.54 Å². The number of aryl methyl sites for hydroxylation is 1. The Labute approximate surface area is 76.5 Å². The third kappa shape index (κ3) is 1.22. The molecule has 4 heteroatoms. The lowest BCUT2D eigenvalue weighted by Gasteiger charge is -2.20. The minimum Gasteiger partial charge on any atom is -0.477 e. The largest absolute Gasteiger partial charge is 0.477 e. The first-order chi connectivity index (χ1) is 6.22. The molecule has 1 atom stereocenters. The molecule has 13 heavy (non-hydrogen) atoms. The number of carbonyl (C=O) groups is 1. The Morgan fingerprint density at radius 1 is 1.69 bits per heavy atom. The van der Waals surface area contributed by atoms with Crippen LogP contribution in [0.4, 0.5) is 0 Å². The number of rotatable bonds is 1. The van der Waals surface area contributed by atoms with E-state index in [9.17, 15) is 4.79 Å². The van der Waals surface area contributed by atoms with E-state index in [4.69, 9.17) is 4.74 Å². The van der Waals surface area contributed by atoms with E-state index in [0.29, 0.717) is 24.0 Å². The zero-order valence-electron chi connectivity index (χ0n) is 7.78. The van der Waals surface area contributed by atoms with Crippen molar-refractivity contribution in [3.63, 3.8) is 0 Å². The Kier molecular flexibility index (Phi) is 1.83. The van der Waals surface area contributed by atoms with Crippen LogP contribution in [0.3, 0.4) is 0 Å². The summed E-state index contributed by atoms with van der Waals surface area (Å²) in [5.41, 5.74) is 1.34. The van der Waals surface area contributed by atoms with Crippen LogP contribution in [0.25, 0.3) is 0 Å². The van der Waals surface area contributed by atoms with Crippen molar-refractivity contribution in [1.82, 2.24) is 9.78 Å². The third-order valence-electron chi connectivity index (χ3n) is 2.23. The van der Waals surface area contributed by atoms with Gasteiger partial charge in [0.15, 0.2) is 6.29 Å². The van der Waals surface area contributed by atoms with Gasteiger partial charge >= 0.3 is 0 Å². The molecule has 0 aromatic carbocycles. The van der Waals surface area contributed by atoms with E-state index in [1.807, 2.05) is 6.92 Å². The van der Waals surface area contributed by atoms with Gasteiger partial charge in [0, 0.05) is 5.92 Å². The van der Waals surface area contributed by atoms with Gasteiger partial charge in [0.1, 0.15) is 0 Å². The fourth-order valence-electron chi connectivity index (χ4n) is 1.55. The van der Waals surface area contributed by atoms with E-state index >= 15 is 0 Å². The van der Waals surface area contributed by atoms with Gasteiger partial charge < -0.3 is 4.74 Å². The van der Waals surface area contributed by atoms with Crippen molar-refractivity contribution >= 4 is 6.29 Å². The summed E-state index contributed by atoms with van der Waals surface area (Å²) in [5.74, 6) is 1.09. The van der Waals surface area contributed by atoms with Crippen LogP contribution in [0.1, 0.15) is 23.0 Å². The van der Waals surface area contributed by atoms with Gasteiger partial charge in [-0.15, -0.1) is 0 Å². The lowest BCUT2D eigenvalue weighted by Crippen LogP contribution is -2.23. The second-order valence-electron chi connectivity index (χ2n) is 3.52. The molecule has 1 unspecified atom stereocenters. The van der Waals surface area contributed by atoms with E-state index in [2.05, 4.69) is 12.0 Å². The zero-order chi connectivity index (χ0) is 9.42. The van der Waals surface area contributed by atoms with Gasteiger partial charge in [0.25, 0.3) is 0 Å². The number of carbonyl (C=O) groups excluding carboxylic acids is 1. The summed E-state index contributed by atoms with van der Waals surface area (Å²) in [5, 5.41) is 4.23. The second kappa shape index (κ2) is 2.87. The van der Waals surface area contributed by atoms with Crippen molar-refractivity contribution in [1.29, 1.82) is 0 Å². The lowest BCUT2D eigenvalue weighted by molar-refractivity contribution is 0.111. The molecular weight excluding hydrogens is 168 g/mol. The molecule has 1 aromatic heterocycles. The number of nitrogens with zero attached hydrogens (tertiary/aromatic N) is 2. The Balaban J connectivity index is 2.46. The summed E-state index contributed by atoms with van der Waals surface area (Å²) < 4.78 is 7.22. The standard InChI is InChI=1S/C9H12N2O2/c1-6-3-11-9(13-5-6)8(4-12)7(2)10-11/h4,6H,3,5H2,1-2H3. The molecule has 4 nitrogen and oxygen atoms in total. The van der Waals surface area contributed by atoms with Crippen molar-refractivity contribution in [3.8, 4) is 5.88 Å². The predicted molar refractivity (Wildman–Crippen MR) is 47.0 cm³/mol. The molecule has 1 aromatic rings. The van der Waals surface area contributed by atoms with Crippen molar-refractivity contribution in [3.05, 3.63) is 11.3 Å². The van der Waals surface area contributed by atoms with E-state index in [-0.39, 0.29) is 0 Å². The SMILES string of the molecule is Cc1nn2c(c1C=O)OCC(C)C2. The fourth-order valence-corrected chi connectivity index (χ4v) is 1.55. The summed E-state index contributed by atoms with van der Waals surface area (Å²) in [7, 11) is 0. The Morgan fingerprint density at radius 3 is 3.15 bits per heavy atom. The van der Waals surface area contributed by atoms with Crippen LogP contribution in [-0.4, -0.2) is 22.7 Å². The van der Waals surface area contributed by atoms with Crippen molar-refractivity contribution < 1.29 is 9.53 Å². The molecule has 1 aliphatic heterocycles. The number of fused-ring (bicyclic) bond motifs is 1. The maximum Gasteiger partial charge on any atom is 0.222 e. The van der Waals surface area contributed by atoms with Crippen molar-refractivity contribution in [2.24, 2.45) is 5.92 Å². The molecular formula is C9H12N2O2. The van der Waals surface area contributed by atoms with Gasteiger partial charge in [-0.2, -0.15) is 5.10 Å². The number of aromatic nitrogens is 2. The number of aldehydes is 1. The molecule has 70 valence electrons. The smallest absolute Gasteiger partial charge is 0.222 e. The van der Waals surface area contributed by atoms with Gasteiger partial charge in [0.2, 0.25) is 5.88 Å². The van der Waals surface area contributed by atoms with Crippen LogP contribution >= 0.6 is 0 Å². The molecule has 0 radical (unpaired) electrons. The lowest BCUT2D eigenvalue weighted by atomic mass is 10.2. The van der Waals surface area contributed by atoms with E-state index in [1.165, 1.54) is 0 Å². The van der Waals surface area contributed by atoms with Crippen LogP contribution in [0.15, 0.2) is 0 Å². The van der Waals surface area contributed by atoms with Crippen LogP contribution in [0.5, 0.6) is 5.88 Å². The number of ether oxygens (including phenoxy) is 1. The topological polar surface area (TPSA) is 44.1 Å². The van der Waals surface area contributed by atoms with Crippen LogP contribution < -0.4 is 4.74 Å². The first-order valence-corrected chi connectivity index (χ1v) is 4.37. The first-order valence-electron chi connectivity index (χ1n) is 4.37. The van der Waals surface area contributed by atoms with Crippen LogP contribution in [0, 0.1) is 12.8 Å². The summed E-state index contributed by atoms with van der Waals surface area (Å²) in [6.45, 7) is 5.43. The van der Waals surface area contributed by atoms with Gasteiger partial charge in [-0.25, -0.2) is 4.68 Å². The highest BCUT2D eigenvalue weighted by Gasteiger charge is 2.22. The second-order valence-corrected chi connectivity index (χ2v) is 3.52. The molecule has 0 saturated heterocycles. The van der Waals surface area contributed by atoms with E-state index in [1.54, 1.807) is 4.68 Å². The average molecular weight is 180 g/mol. The Morgan fingerprint density at radius 2 is 2.46 bits per heavy atom. The maximum atomic E-state index is 10.7. The molecule has 0 saturated carbocycles. The maximum absolute atomic E-state index is 10.7. The summed E-state index contributed by atoms with van der Waals surface area (Å²) in [6.07, 6.45) is 0.810. The highest BCUT2D eigenvalue weighted by molar-refractivity contribution is 5.80. The van der Waals surface area contributed by atoms with Crippen LogP contribution in [0.2, 0.25) is 0 Å². The minimum absolute atomic E-state index is 0.464. The molecule has 0 aliphatic carbocycles. The van der Waals surface area contributed by atoms with E-state index in [0.717, 1.165) is 18.5 Å². The average Bonchev–Trinajstić information content (AvgIpc) is 2.39. The predicted octanol–water partition coefficient (Wildman–Crippen LogP) is 1.03. The van der Waals surface area contributed by atoms with Gasteiger partial charge in [0.05, 0.1) is 24.4 Å². The minimum atomic E-state index is 0.464. The quantitative estimate of drug-likeness (QED) is 0.606. The van der Waals surface area contributed by atoms with E-state index < -0.39 is 0 Å². The number of hydrogen-bond acceptors (Lipinski definition) is 3.